The van der Waals surface area contributed by atoms with E-state index < -0.39 is 10.0 Å². The molecule has 0 bridgehead atoms. The second-order valence-electron chi connectivity index (χ2n) is 4.31. The van der Waals surface area contributed by atoms with Gasteiger partial charge in [-0.05, 0) is 36.2 Å². The van der Waals surface area contributed by atoms with E-state index in [4.69, 9.17) is 5.26 Å². The molecule has 0 aliphatic carbocycles. The minimum Gasteiger partial charge on any atom is -0.276 e. The Kier molecular flexibility index (Phi) is 4.17. The smallest absolute Gasteiger partial charge is 0.240 e. The monoisotopic (exact) mass is 290 g/mol. The standard InChI is InChI=1S/C13H14N4O2S/c1-17-10-12(9-15-17)6-7-16-20(18,19)13-4-2-11(8-14)3-5-13/h2-5,9-10,16H,6-7H2,1H3. The number of aromatic nitrogens is 2. The summed E-state index contributed by atoms with van der Waals surface area (Å²) in [5.41, 5.74) is 1.40. The first-order valence-corrected chi connectivity index (χ1v) is 7.47. The van der Waals surface area contributed by atoms with Crippen molar-refractivity contribution >= 4 is 10.0 Å². The summed E-state index contributed by atoms with van der Waals surface area (Å²) >= 11 is 0. The van der Waals surface area contributed by atoms with Gasteiger partial charge in [0.25, 0.3) is 0 Å². The Hall–Kier alpha value is -2.17. The number of hydrogen-bond acceptors (Lipinski definition) is 4. The number of benzene rings is 1. The molecule has 0 saturated carbocycles. The number of nitriles is 1. The highest BCUT2D eigenvalue weighted by Gasteiger charge is 2.13. The maximum Gasteiger partial charge on any atom is 0.240 e. The molecule has 0 saturated heterocycles. The van der Waals surface area contributed by atoms with Gasteiger partial charge in [0.15, 0.2) is 0 Å². The largest absolute Gasteiger partial charge is 0.276 e. The molecule has 104 valence electrons. The summed E-state index contributed by atoms with van der Waals surface area (Å²) in [6, 6.07) is 7.75. The molecule has 6 nitrogen and oxygen atoms in total. The molecule has 2 aromatic rings. The van der Waals surface area contributed by atoms with Crippen molar-refractivity contribution in [3.05, 3.63) is 47.8 Å². The topological polar surface area (TPSA) is 87.8 Å². The average molecular weight is 290 g/mol. The fraction of sp³-hybridized carbons (Fsp3) is 0.231. The first-order chi connectivity index (χ1) is 9.51. The Labute approximate surface area is 117 Å². The third-order valence-electron chi connectivity index (χ3n) is 2.76. The van der Waals surface area contributed by atoms with E-state index in [0.717, 1.165) is 5.56 Å². The highest BCUT2D eigenvalue weighted by molar-refractivity contribution is 7.89. The molecule has 1 aromatic carbocycles. The Morgan fingerprint density at radius 3 is 2.60 bits per heavy atom. The zero-order valence-corrected chi connectivity index (χ0v) is 11.8. The van der Waals surface area contributed by atoms with Crippen LogP contribution in [-0.2, 0) is 23.5 Å². The van der Waals surface area contributed by atoms with E-state index >= 15 is 0 Å². The molecule has 7 heteroatoms. The Morgan fingerprint density at radius 1 is 1.35 bits per heavy atom. The number of aryl methyl sites for hydroxylation is 1. The molecule has 0 radical (unpaired) electrons. The van der Waals surface area contributed by atoms with Crippen LogP contribution in [0.15, 0.2) is 41.6 Å². The number of nitrogens with zero attached hydrogens (tertiary/aromatic N) is 3. The van der Waals surface area contributed by atoms with Gasteiger partial charge in [0.1, 0.15) is 0 Å². The Balaban J connectivity index is 1.98. The van der Waals surface area contributed by atoms with Crippen LogP contribution in [0.4, 0.5) is 0 Å². The van der Waals surface area contributed by atoms with E-state index in [1.54, 1.807) is 10.9 Å². The van der Waals surface area contributed by atoms with E-state index in [2.05, 4.69) is 9.82 Å². The van der Waals surface area contributed by atoms with Crippen LogP contribution in [0.25, 0.3) is 0 Å². The van der Waals surface area contributed by atoms with Gasteiger partial charge < -0.3 is 0 Å². The minimum atomic E-state index is -3.54. The lowest BCUT2D eigenvalue weighted by atomic mass is 10.2. The van der Waals surface area contributed by atoms with Crippen molar-refractivity contribution in [1.82, 2.24) is 14.5 Å². The summed E-state index contributed by atoms with van der Waals surface area (Å²) in [7, 11) is -1.73. The second kappa shape index (κ2) is 5.86. The Morgan fingerprint density at radius 2 is 2.05 bits per heavy atom. The van der Waals surface area contributed by atoms with Crippen LogP contribution >= 0.6 is 0 Å². The van der Waals surface area contributed by atoms with Crippen molar-refractivity contribution in [2.24, 2.45) is 7.05 Å². The fourth-order valence-electron chi connectivity index (χ4n) is 1.72. The van der Waals surface area contributed by atoms with Crippen molar-refractivity contribution in [1.29, 1.82) is 5.26 Å². The van der Waals surface area contributed by atoms with Gasteiger partial charge in [0, 0.05) is 19.8 Å². The van der Waals surface area contributed by atoms with Crippen LogP contribution in [0.2, 0.25) is 0 Å². The molecule has 20 heavy (non-hydrogen) atoms. The maximum atomic E-state index is 12.0. The molecule has 1 heterocycles. The maximum absolute atomic E-state index is 12.0. The third-order valence-corrected chi connectivity index (χ3v) is 4.23. The van der Waals surface area contributed by atoms with Crippen molar-refractivity contribution in [2.75, 3.05) is 6.54 Å². The van der Waals surface area contributed by atoms with Crippen LogP contribution in [0.3, 0.4) is 0 Å². The Bertz CT molecular complexity index is 726. The van der Waals surface area contributed by atoms with Gasteiger partial charge in [-0.1, -0.05) is 0 Å². The van der Waals surface area contributed by atoms with E-state index in [1.807, 2.05) is 19.3 Å². The zero-order chi connectivity index (χ0) is 14.6. The number of rotatable bonds is 5. The predicted octanol–water partition coefficient (Wildman–Crippen LogP) is 0.813. The summed E-state index contributed by atoms with van der Waals surface area (Å²) in [6.45, 7) is 0.300. The SMILES string of the molecule is Cn1cc(CCNS(=O)(=O)c2ccc(C#N)cc2)cn1. The quantitative estimate of drug-likeness (QED) is 0.882. The van der Waals surface area contributed by atoms with Gasteiger partial charge in [-0.2, -0.15) is 10.4 Å². The lowest BCUT2D eigenvalue weighted by Crippen LogP contribution is -2.25. The summed E-state index contributed by atoms with van der Waals surface area (Å²) < 4.78 is 28.2. The van der Waals surface area contributed by atoms with Crippen LogP contribution in [-0.4, -0.2) is 24.7 Å². The molecule has 1 N–H and O–H groups in total. The van der Waals surface area contributed by atoms with Crippen molar-refractivity contribution in [2.45, 2.75) is 11.3 Å². The summed E-state index contributed by atoms with van der Waals surface area (Å²) in [5.74, 6) is 0. The van der Waals surface area contributed by atoms with Gasteiger partial charge in [-0.3, -0.25) is 4.68 Å². The van der Waals surface area contributed by atoms with Crippen LogP contribution in [0.5, 0.6) is 0 Å². The summed E-state index contributed by atoms with van der Waals surface area (Å²) in [5, 5.41) is 12.7. The van der Waals surface area contributed by atoms with Crippen LogP contribution in [0, 0.1) is 11.3 Å². The molecular weight excluding hydrogens is 276 g/mol. The average Bonchev–Trinajstić information content (AvgIpc) is 2.84. The molecule has 0 amide bonds. The van der Waals surface area contributed by atoms with Crippen molar-refractivity contribution < 1.29 is 8.42 Å². The highest BCUT2D eigenvalue weighted by Crippen LogP contribution is 2.10. The third kappa shape index (κ3) is 3.44. The second-order valence-corrected chi connectivity index (χ2v) is 6.07. The van der Waals surface area contributed by atoms with Gasteiger partial charge in [-0.15, -0.1) is 0 Å². The highest BCUT2D eigenvalue weighted by atomic mass is 32.2. The van der Waals surface area contributed by atoms with E-state index in [0.29, 0.717) is 18.5 Å². The van der Waals surface area contributed by atoms with Gasteiger partial charge in [0.05, 0.1) is 22.7 Å². The summed E-state index contributed by atoms with van der Waals surface area (Å²) in [4.78, 5) is 0.155. The first kappa shape index (κ1) is 14.2. The van der Waals surface area contributed by atoms with Crippen LogP contribution in [0.1, 0.15) is 11.1 Å². The van der Waals surface area contributed by atoms with E-state index in [9.17, 15) is 8.42 Å². The zero-order valence-electron chi connectivity index (χ0n) is 10.9. The fourth-order valence-corrected chi connectivity index (χ4v) is 2.75. The van der Waals surface area contributed by atoms with E-state index in [1.165, 1.54) is 24.3 Å². The van der Waals surface area contributed by atoms with Crippen LogP contribution < -0.4 is 4.72 Å². The lowest BCUT2D eigenvalue weighted by Gasteiger charge is -2.05. The molecule has 1 aromatic heterocycles. The van der Waals surface area contributed by atoms with Crippen molar-refractivity contribution in [3.63, 3.8) is 0 Å². The van der Waals surface area contributed by atoms with Gasteiger partial charge in [0.2, 0.25) is 10.0 Å². The molecule has 0 aliphatic rings. The molecule has 0 unspecified atom stereocenters. The lowest BCUT2D eigenvalue weighted by molar-refractivity contribution is 0.581. The van der Waals surface area contributed by atoms with Gasteiger partial charge in [-0.25, -0.2) is 13.1 Å². The molecule has 0 aliphatic heterocycles. The molecular formula is C13H14N4O2S. The number of nitrogens with one attached hydrogen (secondary N) is 1. The van der Waals surface area contributed by atoms with E-state index in [-0.39, 0.29) is 4.90 Å². The number of sulfonamides is 1. The predicted molar refractivity (Wildman–Crippen MR) is 73.3 cm³/mol. The molecule has 0 fully saturated rings. The molecule has 0 atom stereocenters. The number of hydrogen-bond donors (Lipinski definition) is 1. The summed E-state index contributed by atoms with van der Waals surface area (Å²) in [6.07, 6.45) is 4.12. The van der Waals surface area contributed by atoms with Gasteiger partial charge >= 0.3 is 0 Å². The molecule has 0 spiro atoms. The van der Waals surface area contributed by atoms with Crippen molar-refractivity contribution in [3.8, 4) is 6.07 Å². The minimum absolute atomic E-state index is 0.155. The molecule has 2 rings (SSSR count). The normalized spacial score (nSPS) is 11.2. The first-order valence-electron chi connectivity index (χ1n) is 5.98.